The molecule has 0 aliphatic carbocycles. The largest absolute Gasteiger partial charge is 0.314 e. The van der Waals surface area contributed by atoms with E-state index in [2.05, 4.69) is 10.0 Å². The Bertz CT molecular complexity index is 284. The number of sulfonamides is 1. The fourth-order valence-corrected chi connectivity index (χ4v) is 2.81. The van der Waals surface area contributed by atoms with Crippen LogP contribution >= 0.6 is 0 Å². The first-order chi connectivity index (χ1) is 7.18. The van der Waals surface area contributed by atoms with Crippen LogP contribution in [0.15, 0.2) is 0 Å². The third-order valence-corrected chi connectivity index (χ3v) is 4.15. The van der Waals surface area contributed by atoms with Crippen LogP contribution < -0.4 is 10.0 Å². The van der Waals surface area contributed by atoms with Crippen molar-refractivity contribution >= 4 is 10.0 Å². The molecule has 0 amide bonds. The van der Waals surface area contributed by atoms with Gasteiger partial charge < -0.3 is 5.32 Å². The van der Waals surface area contributed by atoms with Gasteiger partial charge in [-0.3, -0.25) is 0 Å². The first-order valence-electron chi connectivity index (χ1n) is 5.93. The molecule has 0 saturated carbocycles. The summed E-state index contributed by atoms with van der Waals surface area (Å²) >= 11 is 0. The Morgan fingerprint density at radius 2 is 1.81 bits per heavy atom. The van der Waals surface area contributed by atoms with E-state index in [-0.39, 0.29) is 11.3 Å². The van der Waals surface area contributed by atoms with Gasteiger partial charge in [0.05, 0.1) is 5.75 Å². The van der Waals surface area contributed by atoms with E-state index in [4.69, 9.17) is 0 Å². The summed E-state index contributed by atoms with van der Waals surface area (Å²) < 4.78 is 26.1. The van der Waals surface area contributed by atoms with Crippen molar-refractivity contribution in [2.45, 2.75) is 59.0 Å². The Hall–Kier alpha value is -0.130. The summed E-state index contributed by atoms with van der Waals surface area (Å²) in [5, 5.41) is 3.20. The first kappa shape index (κ1) is 15.9. The minimum atomic E-state index is -3.14. The van der Waals surface area contributed by atoms with Gasteiger partial charge in [-0.2, -0.15) is 0 Å². The topological polar surface area (TPSA) is 58.2 Å². The molecule has 0 heterocycles. The van der Waals surface area contributed by atoms with Crippen molar-refractivity contribution in [3.63, 3.8) is 0 Å². The third kappa shape index (κ3) is 8.07. The summed E-state index contributed by atoms with van der Waals surface area (Å²) in [5.74, 6) is 0.191. The Morgan fingerprint density at radius 3 is 2.25 bits per heavy atom. The Kier molecular flexibility index (Phi) is 6.51. The highest BCUT2D eigenvalue weighted by atomic mass is 32.2. The maximum absolute atomic E-state index is 11.7. The predicted octanol–water partition coefficient (Wildman–Crippen LogP) is 1.48. The molecule has 0 aliphatic rings. The summed E-state index contributed by atoms with van der Waals surface area (Å²) in [6, 6.07) is 0.405. The molecule has 0 unspecified atom stereocenters. The number of hydrogen-bond donors (Lipinski definition) is 2. The van der Waals surface area contributed by atoms with Crippen LogP contribution in [0.4, 0.5) is 0 Å². The van der Waals surface area contributed by atoms with E-state index in [9.17, 15) is 8.42 Å². The SMILES string of the molecule is CCC(C)(C)NS(=O)(=O)CCCNC(C)C. The van der Waals surface area contributed by atoms with Crippen molar-refractivity contribution in [1.82, 2.24) is 10.0 Å². The van der Waals surface area contributed by atoms with Crippen LogP contribution in [0, 0.1) is 0 Å². The normalized spacial score (nSPS) is 13.4. The van der Waals surface area contributed by atoms with Gasteiger partial charge >= 0.3 is 0 Å². The van der Waals surface area contributed by atoms with Gasteiger partial charge in [-0.15, -0.1) is 0 Å². The molecule has 0 aromatic rings. The number of hydrogen-bond acceptors (Lipinski definition) is 3. The quantitative estimate of drug-likeness (QED) is 0.642. The van der Waals surface area contributed by atoms with Gasteiger partial charge in [0.15, 0.2) is 0 Å². The molecule has 0 radical (unpaired) electrons. The Morgan fingerprint density at radius 1 is 1.25 bits per heavy atom. The average Bonchev–Trinajstić information content (AvgIpc) is 2.11. The van der Waals surface area contributed by atoms with Crippen molar-refractivity contribution in [3.05, 3.63) is 0 Å². The van der Waals surface area contributed by atoms with Crippen LogP contribution in [0.2, 0.25) is 0 Å². The second-order valence-corrected chi connectivity index (χ2v) is 6.96. The lowest BCUT2D eigenvalue weighted by Gasteiger charge is -2.24. The molecule has 5 heteroatoms. The van der Waals surface area contributed by atoms with Crippen LogP contribution in [-0.4, -0.2) is 32.3 Å². The van der Waals surface area contributed by atoms with Crippen molar-refractivity contribution in [3.8, 4) is 0 Å². The van der Waals surface area contributed by atoms with Crippen LogP contribution in [0.1, 0.15) is 47.5 Å². The summed E-state index contributed by atoms with van der Waals surface area (Å²) in [4.78, 5) is 0. The van der Waals surface area contributed by atoms with E-state index in [0.29, 0.717) is 12.5 Å². The smallest absolute Gasteiger partial charge is 0.212 e. The predicted molar refractivity (Wildman–Crippen MR) is 69.0 cm³/mol. The van der Waals surface area contributed by atoms with Gasteiger partial charge in [0.25, 0.3) is 0 Å². The van der Waals surface area contributed by atoms with E-state index in [1.807, 2.05) is 34.6 Å². The number of nitrogens with one attached hydrogen (secondary N) is 2. The van der Waals surface area contributed by atoms with E-state index >= 15 is 0 Å². The molecule has 98 valence electrons. The van der Waals surface area contributed by atoms with Gasteiger partial charge in [0, 0.05) is 11.6 Å². The second-order valence-electron chi connectivity index (χ2n) is 5.12. The molecule has 0 aromatic carbocycles. The van der Waals surface area contributed by atoms with Crippen LogP contribution in [0.5, 0.6) is 0 Å². The lowest BCUT2D eigenvalue weighted by molar-refractivity contribution is 0.438. The van der Waals surface area contributed by atoms with Crippen LogP contribution in [0.25, 0.3) is 0 Å². The Balaban J connectivity index is 3.98. The molecular weight excluding hydrogens is 224 g/mol. The lowest BCUT2D eigenvalue weighted by atomic mass is 10.0. The molecule has 0 fully saturated rings. The molecule has 0 saturated heterocycles. The zero-order chi connectivity index (χ0) is 12.8. The van der Waals surface area contributed by atoms with Crippen LogP contribution in [0.3, 0.4) is 0 Å². The lowest BCUT2D eigenvalue weighted by Crippen LogP contribution is -2.44. The minimum absolute atomic E-state index is 0.191. The standard InChI is InChI=1S/C11H26N2O2S/c1-6-11(4,5)13-16(14,15)9-7-8-12-10(2)3/h10,12-13H,6-9H2,1-5H3. The zero-order valence-electron chi connectivity index (χ0n) is 11.1. The van der Waals surface area contributed by atoms with Crippen molar-refractivity contribution in [1.29, 1.82) is 0 Å². The van der Waals surface area contributed by atoms with Crippen molar-refractivity contribution < 1.29 is 8.42 Å². The van der Waals surface area contributed by atoms with Gasteiger partial charge in [-0.05, 0) is 33.2 Å². The maximum atomic E-state index is 11.7. The molecule has 0 bridgehead atoms. The monoisotopic (exact) mass is 250 g/mol. The summed E-state index contributed by atoms with van der Waals surface area (Å²) in [7, 11) is -3.14. The van der Waals surface area contributed by atoms with Gasteiger partial charge in [0.1, 0.15) is 0 Å². The summed E-state index contributed by atoms with van der Waals surface area (Å²) in [6.45, 7) is 10.6. The number of rotatable bonds is 8. The molecule has 0 atom stereocenters. The zero-order valence-corrected chi connectivity index (χ0v) is 11.9. The van der Waals surface area contributed by atoms with E-state index in [1.165, 1.54) is 0 Å². The summed E-state index contributed by atoms with van der Waals surface area (Å²) in [6.07, 6.45) is 1.43. The Labute approximate surface area is 100 Å². The fraction of sp³-hybridized carbons (Fsp3) is 1.00. The fourth-order valence-electron chi connectivity index (χ4n) is 1.20. The molecule has 16 heavy (non-hydrogen) atoms. The van der Waals surface area contributed by atoms with Crippen molar-refractivity contribution in [2.75, 3.05) is 12.3 Å². The highest BCUT2D eigenvalue weighted by Crippen LogP contribution is 2.09. The van der Waals surface area contributed by atoms with Crippen molar-refractivity contribution in [2.24, 2.45) is 0 Å². The second kappa shape index (κ2) is 6.57. The van der Waals surface area contributed by atoms with E-state index in [1.54, 1.807) is 0 Å². The van der Waals surface area contributed by atoms with E-state index in [0.717, 1.165) is 13.0 Å². The molecule has 2 N–H and O–H groups in total. The average molecular weight is 250 g/mol. The molecule has 0 aliphatic heterocycles. The molecule has 4 nitrogen and oxygen atoms in total. The van der Waals surface area contributed by atoms with Gasteiger partial charge in [-0.25, -0.2) is 13.1 Å². The van der Waals surface area contributed by atoms with Crippen LogP contribution in [-0.2, 0) is 10.0 Å². The molecule has 0 spiro atoms. The maximum Gasteiger partial charge on any atom is 0.212 e. The molecule has 0 rings (SSSR count). The third-order valence-electron chi connectivity index (χ3n) is 2.46. The highest BCUT2D eigenvalue weighted by molar-refractivity contribution is 7.89. The van der Waals surface area contributed by atoms with Gasteiger partial charge in [-0.1, -0.05) is 20.8 Å². The molecular formula is C11H26N2O2S. The van der Waals surface area contributed by atoms with E-state index < -0.39 is 10.0 Å². The molecule has 0 aromatic heterocycles. The first-order valence-corrected chi connectivity index (χ1v) is 7.59. The summed E-state index contributed by atoms with van der Waals surface area (Å²) in [5.41, 5.74) is -0.343. The van der Waals surface area contributed by atoms with Gasteiger partial charge in [0.2, 0.25) is 10.0 Å². The minimum Gasteiger partial charge on any atom is -0.314 e. The highest BCUT2D eigenvalue weighted by Gasteiger charge is 2.22.